The molecule has 0 saturated carbocycles. The number of hydrogen-bond donors (Lipinski definition) is 1. The lowest BCUT2D eigenvalue weighted by Crippen LogP contribution is -2.48. The predicted molar refractivity (Wildman–Crippen MR) is 111 cm³/mol. The van der Waals surface area contributed by atoms with E-state index in [0.29, 0.717) is 37.6 Å². The number of fused-ring (bicyclic) bond motifs is 1. The largest absolute Gasteiger partial charge is 0.416 e. The molecule has 1 saturated heterocycles. The number of nitrogens with zero attached hydrogens (tertiary/aromatic N) is 5. The lowest BCUT2D eigenvalue weighted by Gasteiger charge is -2.34. The van der Waals surface area contributed by atoms with E-state index in [1.807, 2.05) is 17.2 Å². The molecule has 2 aromatic heterocycles. The highest BCUT2D eigenvalue weighted by Gasteiger charge is 2.30. The Kier molecular flexibility index (Phi) is 5.47. The minimum absolute atomic E-state index is 0.0719. The van der Waals surface area contributed by atoms with E-state index in [1.54, 1.807) is 24.4 Å². The number of alkyl halides is 3. The highest BCUT2D eigenvalue weighted by atomic mass is 19.4. The highest BCUT2D eigenvalue weighted by Crippen LogP contribution is 2.32. The van der Waals surface area contributed by atoms with Gasteiger partial charge < -0.3 is 15.1 Å². The average Bonchev–Trinajstić information content (AvgIpc) is 3.19. The molecule has 0 spiro atoms. The van der Waals surface area contributed by atoms with E-state index in [4.69, 9.17) is 0 Å². The summed E-state index contributed by atoms with van der Waals surface area (Å²) in [5.41, 5.74) is 1.52. The molecule has 1 amide bonds. The van der Waals surface area contributed by atoms with Gasteiger partial charge in [0, 0.05) is 33.1 Å². The van der Waals surface area contributed by atoms with Crippen LogP contribution in [0.2, 0.25) is 0 Å². The van der Waals surface area contributed by atoms with Crippen LogP contribution in [0.15, 0.2) is 42.9 Å². The van der Waals surface area contributed by atoms with Crippen molar-refractivity contribution in [2.45, 2.75) is 26.1 Å². The Morgan fingerprint density at radius 2 is 1.90 bits per heavy atom. The van der Waals surface area contributed by atoms with Crippen molar-refractivity contribution in [3.63, 3.8) is 0 Å². The summed E-state index contributed by atoms with van der Waals surface area (Å²) in [4.78, 5) is 19.8. The molecule has 3 heterocycles. The van der Waals surface area contributed by atoms with E-state index in [0.717, 1.165) is 23.3 Å². The number of piperazine rings is 1. The van der Waals surface area contributed by atoms with Crippen molar-refractivity contribution in [3.8, 4) is 0 Å². The molecular formula is C21H23F3N6O. The van der Waals surface area contributed by atoms with Crippen LogP contribution < -0.4 is 10.2 Å². The summed E-state index contributed by atoms with van der Waals surface area (Å²) in [5, 5.41) is 7.46. The fraction of sp³-hybridized carbons (Fsp3) is 0.381. The van der Waals surface area contributed by atoms with Gasteiger partial charge in [-0.3, -0.25) is 4.79 Å². The number of rotatable bonds is 4. The van der Waals surface area contributed by atoms with Gasteiger partial charge in [-0.15, -0.1) is 0 Å². The van der Waals surface area contributed by atoms with Crippen LogP contribution >= 0.6 is 0 Å². The van der Waals surface area contributed by atoms with Gasteiger partial charge in [0.2, 0.25) is 5.91 Å². The van der Waals surface area contributed by atoms with Crippen LogP contribution in [0.3, 0.4) is 0 Å². The molecule has 3 aromatic rings. The maximum absolute atomic E-state index is 13.0. The number of hydrogen-bond acceptors (Lipinski definition) is 5. The van der Waals surface area contributed by atoms with Gasteiger partial charge >= 0.3 is 6.18 Å². The number of amides is 1. The van der Waals surface area contributed by atoms with Crippen molar-refractivity contribution in [2.75, 3.05) is 36.4 Å². The highest BCUT2D eigenvalue weighted by molar-refractivity contribution is 5.75. The number of halogens is 3. The van der Waals surface area contributed by atoms with Gasteiger partial charge in [0.1, 0.15) is 11.8 Å². The molecule has 164 valence electrons. The van der Waals surface area contributed by atoms with Crippen LogP contribution in [0.5, 0.6) is 0 Å². The van der Waals surface area contributed by atoms with Gasteiger partial charge in [-0.25, -0.2) is 9.50 Å². The summed E-state index contributed by atoms with van der Waals surface area (Å²) in [6.45, 7) is 6.11. The summed E-state index contributed by atoms with van der Waals surface area (Å²) < 4.78 is 40.8. The third kappa shape index (κ3) is 4.42. The average molecular weight is 432 g/mol. The lowest BCUT2D eigenvalue weighted by atomic mass is 10.0. The minimum Gasteiger partial charge on any atom is -0.367 e. The molecule has 0 aliphatic carbocycles. The van der Waals surface area contributed by atoms with Crippen molar-refractivity contribution in [1.29, 1.82) is 0 Å². The molecule has 1 aromatic carbocycles. The van der Waals surface area contributed by atoms with Gasteiger partial charge in [0.15, 0.2) is 5.82 Å². The first-order chi connectivity index (χ1) is 14.7. The van der Waals surface area contributed by atoms with Crippen molar-refractivity contribution >= 4 is 22.9 Å². The van der Waals surface area contributed by atoms with Gasteiger partial charge in [0.05, 0.1) is 23.5 Å². The van der Waals surface area contributed by atoms with Crippen LogP contribution in [-0.2, 0) is 11.0 Å². The SMILES string of the molecule is CC(=O)N1CCN(c2cc3c(N[C@H](C)c4cccc(C(F)(F)F)c4)ncnn3c2)CC1. The number of aromatic nitrogens is 3. The quantitative estimate of drug-likeness (QED) is 0.683. The Bertz CT molecular complexity index is 1090. The second kappa shape index (κ2) is 8.09. The van der Waals surface area contributed by atoms with Crippen molar-refractivity contribution < 1.29 is 18.0 Å². The van der Waals surface area contributed by atoms with Crippen LogP contribution in [0.4, 0.5) is 24.7 Å². The molecule has 1 N–H and O–H groups in total. The Morgan fingerprint density at radius 1 is 1.16 bits per heavy atom. The maximum Gasteiger partial charge on any atom is 0.416 e. The molecule has 7 nitrogen and oxygen atoms in total. The molecular weight excluding hydrogens is 409 g/mol. The molecule has 0 unspecified atom stereocenters. The van der Waals surface area contributed by atoms with Crippen molar-refractivity contribution in [2.24, 2.45) is 0 Å². The number of carbonyl (C=O) groups excluding carboxylic acids is 1. The molecule has 1 fully saturated rings. The Morgan fingerprint density at radius 3 is 2.58 bits per heavy atom. The van der Waals surface area contributed by atoms with E-state index in [-0.39, 0.29) is 5.91 Å². The standard InChI is InChI=1S/C21H23F3N6O/c1-14(16-4-3-5-17(10-16)21(22,23)24)27-20-19-11-18(12-30(19)26-13-25-20)29-8-6-28(7-9-29)15(2)31/h3-5,10-14H,6-9H2,1-2H3,(H,25,26,27)/t14-/m1/s1. The number of anilines is 2. The normalized spacial score (nSPS) is 15.9. The van der Waals surface area contributed by atoms with Crippen molar-refractivity contribution in [1.82, 2.24) is 19.5 Å². The van der Waals surface area contributed by atoms with Crippen molar-refractivity contribution in [3.05, 3.63) is 54.0 Å². The van der Waals surface area contributed by atoms with E-state index >= 15 is 0 Å². The Hall–Kier alpha value is -3.30. The third-order valence-corrected chi connectivity index (χ3v) is 5.55. The fourth-order valence-electron chi connectivity index (χ4n) is 3.75. The molecule has 10 heteroatoms. The molecule has 1 aliphatic heterocycles. The fourth-order valence-corrected chi connectivity index (χ4v) is 3.75. The topological polar surface area (TPSA) is 65.8 Å². The zero-order valence-electron chi connectivity index (χ0n) is 17.2. The zero-order valence-corrected chi connectivity index (χ0v) is 17.2. The Labute approximate surface area is 177 Å². The van der Waals surface area contributed by atoms with Gasteiger partial charge in [0.25, 0.3) is 0 Å². The predicted octanol–water partition coefficient (Wildman–Crippen LogP) is 3.59. The summed E-state index contributed by atoms with van der Waals surface area (Å²) >= 11 is 0. The number of nitrogens with one attached hydrogen (secondary N) is 1. The van der Waals surface area contributed by atoms with E-state index in [9.17, 15) is 18.0 Å². The van der Waals surface area contributed by atoms with Crippen LogP contribution in [0, 0.1) is 0 Å². The summed E-state index contributed by atoms with van der Waals surface area (Å²) in [7, 11) is 0. The molecule has 1 aliphatic rings. The smallest absolute Gasteiger partial charge is 0.367 e. The molecule has 1 atom stereocenters. The molecule has 31 heavy (non-hydrogen) atoms. The van der Waals surface area contributed by atoms with Gasteiger partial charge in [-0.1, -0.05) is 12.1 Å². The van der Waals surface area contributed by atoms with Crippen LogP contribution in [-0.4, -0.2) is 51.6 Å². The minimum atomic E-state index is -4.39. The van der Waals surface area contributed by atoms with Crippen LogP contribution in [0.1, 0.15) is 31.0 Å². The second-order valence-corrected chi connectivity index (χ2v) is 7.62. The monoisotopic (exact) mass is 432 g/mol. The first-order valence-corrected chi connectivity index (χ1v) is 10.00. The lowest BCUT2D eigenvalue weighted by molar-refractivity contribution is -0.137. The van der Waals surface area contributed by atoms with Crippen LogP contribution in [0.25, 0.3) is 5.52 Å². The second-order valence-electron chi connectivity index (χ2n) is 7.62. The van der Waals surface area contributed by atoms with E-state index < -0.39 is 17.8 Å². The third-order valence-electron chi connectivity index (χ3n) is 5.55. The first kappa shape index (κ1) is 21.0. The number of benzene rings is 1. The maximum atomic E-state index is 13.0. The Balaban J connectivity index is 1.55. The van der Waals surface area contributed by atoms with E-state index in [2.05, 4.69) is 20.3 Å². The molecule has 0 bridgehead atoms. The van der Waals surface area contributed by atoms with Gasteiger partial charge in [-0.05, 0) is 30.7 Å². The van der Waals surface area contributed by atoms with E-state index in [1.165, 1.54) is 12.4 Å². The summed E-state index contributed by atoms with van der Waals surface area (Å²) in [6.07, 6.45) is -1.09. The van der Waals surface area contributed by atoms with Gasteiger partial charge in [-0.2, -0.15) is 18.3 Å². The first-order valence-electron chi connectivity index (χ1n) is 10.00. The zero-order chi connectivity index (χ0) is 22.2. The molecule has 0 radical (unpaired) electrons. The molecule has 4 rings (SSSR count). The summed E-state index contributed by atoms with van der Waals surface area (Å²) in [6, 6.07) is 6.83. The number of carbonyl (C=O) groups is 1. The summed E-state index contributed by atoms with van der Waals surface area (Å²) in [5.74, 6) is 0.608.